The van der Waals surface area contributed by atoms with Gasteiger partial charge in [-0.15, -0.1) is 0 Å². The summed E-state index contributed by atoms with van der Waals surface area (Å²) >= 11 is 0. The minimum atomic E-state index is -3.51. The molecule has 9 heteroatoms. The van der Waals surface area contributed by atoms with Gasteiger partial charge in [-0.3, -0.25) is 9.10 Å². The molecule has 8 nitrogen and oxygen atoms in total. The fraction of sp³-hybridized carbons (Fsp3) is 0.231. The van der Waals surface area contributed by atoms with Gasteiger partial charge in [-0.2, -0.15) is 5.10 Å². The Morgan fingerprint density at radius 2 is 1.71 bits per heavy atom. The van der Waals surface area contributed by atoms with E-state index in [1.165, 1.54) is 23.9 Å². The molecule has 0 spiro atoms. The highest BCUT2D eigenvalue weighted by Crippen LogP contribution is 2.29. The second-order valence-electron chi connectivity index (χ2n) is 8.02. The Labute approximate surface area is 206 Å². The van der Waals surface area contributed by atoms with Gasteiger partial charge in [0.25, 0.3) is 5.91 Å². The predicted molar refractivity (Wildman–Crippen MR) is 138 cm³/mol. The number of carbonyl (C=O) groups is 1. The molecule has 184 valence electrons. The normalized spacial score (nSPS) is 11.3. The minimum Gasteiger partial charge on any atom is -0.493 e. The first kappa shape index (κ1) is 25.8. The number of hydrogen-bond donors (Lipinski definition) is 1. The number of para-hydroxylation sites is 1. The Hall–Kier alpha value is -3.85. The van der Waals surface area contributed by atoms with Crippen molar-refractivity contribution in [3.63, 3.8) is 0 Å². The highest BCUT2D eigenvalue weighted by Gasteiger charge is 2.18. The highest BCUT2D eigenvalue weighted by molar-refractivity contribution is 7.92. The summed E-state index contributed by atoms with van der Waals surface area (Å²) in [4.78, 5) is 12.5. The van der Waals surface area contributed by atoms with Crippen molar-refractivity contribution in [3.05, 3.63) is 88.5 Å². The summed E-state index contributed by atoms with van der Waals surface area (Å²) in [5, 5.41) is 4.01. The summed E-state index contributed by atoms with van der Waals surface area (Å²) < 4.78 is 36.9. The van der Waals surface area contributed by atoms with Crippen LogP contribution in [0.1, 0.15) is 32.6 Å². The van der Waals surface area contributed by atoms with E-state index in [1.54, 1.807) is 55.6 Å². The molecular formula is C26H29N3O5S. The molecule has 0 saturated carbocycles. The largest absolute Gasteiger partial charge is 0.493 e. The lowest BCUT2D eigenvalue weighted by molar-refractivity contribution is 0.0955. The third kappa shape index (κ3) is 6.39. The van der Waals surface area contributed by atoms with Crippen molar-refractivity contribution in [1.82, 2.24) is 5.43 Å². The minimum absolute atomic E-state index is 0.150. The first-order valence-corrected chi connectivity index (χ1v) is 12.7. The third-order valence-corrected chi connectivity index (χ3v) is 6.66. The van der Waals surface area contributed by atoms with Crippen LogP contribution in [0.15, 0.2) is 65.8 Å². The number of benzene rings is 3. The van der Waals surface area contributed by atoms with E-state index in [0.717, 1.165) is 16.7 Å². The van der Waals surface area contributed by atoms with Crippen LogP contribution in [0.4, 0.5) is 5.69 Å². The molecule has 0 aliphatic rings. The van der Waals surface area contributed by atoms with Crippen molar-refractivity contribution in [3.8, 4) is 11.5 Å². The molecule has 3 rings (SSSR count). The number of anilines is 1. The Kier molecular flexibility index (Phi) is 8.14. The molecule has 1 N–H and O–H groups in total. The van der Waals surface area contributed by atoms with Crippen LogP contribution in [0.2, 0.25) is 0 Å². The van der Waals surface area contributed by atoms with Crippen LogP contribution >= 0.6 is 0 Å². The number of hydrazone groups is 1. The number of aryl methyl sites for hydroxylation is 2. The molecule has 0 radical (unpaired) electrons. The molecule has 0 bridgehead atoms. The summed E-state index contributed by atoms with van der Waals surface area (Å²) in [6.07, 6.45) is 2.65. The number of amides is 1. The molecule has 0 aliphatic heterocycles. The van der Waals surface area contributed by atoms with E-state index in [0.29, 0.717) is 28.3 Å². The van der Waals surface area contributed by atoms with Gasteiger partial charge in [0.1, 0.15) is 0 Å². The maximum atomic E-state index is 12.5. The van der Waals surface area contributed by atoms with Crippen molar-refractivity contribution >= 4 is 27.8 Å². The van der Waals surface area contributed by atoms with Crippen LogP contribution in [0, 0.1) is 13.8 Å². The Bertz CT molecular complexity index is 1340. The van der Waals surface area contributed by atoms with Gasteiger partial charge in [-0.1, -0.05) is 24.3 Å². The molecule has 1 amide bonds. The van der Waals surface area contributed by atoms with E-state index in [1.807, 2.05) is 26.0 Å². The number of sulfonamides is 1. The van der Waals surface area contributed by atoms with Crippen molar-refractivity contribution in [2.24, 2.45) is 5.10 Å². The first-order chi connectivity index (χ1) is 16.6. The summed E-state index contributed by atoms with van der Waals surface area (Å²) in [6, 6.07) is 17.6. The van der Waals surface area contributed by atoms with Crippen LogP contribution in [0.5, 0.6) is 11.5 Å². The molecule has 0 fully saturated rings. The van der Waals surface area contributed by atoms with Gasteiger partial charge in [-0.25, -0.2) is 13.8 Å². The molecule has 0 atom stereocenters. The average Bonchev–Trinajstić information content (AvgIpc) is 2.83. The number of ether oxygens (including phenoxy) is 2. The fourth-order valence-electron chi connectivity index (χ4n) is 3.45. The van der Waals surface area contributed by atoms with Gasteiger partial charge in [-0.05, 0) is 66.9 Å². The number of rotatable bonds is 9. The highest BCUT2D eigenvalue weighted by atomic mass is 32.2. The van der Waals surface area contributed by atoms with E-state index in [-0.39, 0.29) is 6.54 Å². The van der Waals surface area contributed by atoms with E-state index >= 15 is 0 Å². The molecule has 0 aliphatic carbocycles. The summed E-state index contributed by atoms with van der Waals surface area (Å²) in [5.41, 5.74) is 6.96. The zero-order valence-electron chi connectivity index (χ0n) is 20.4. The van der Waals surface area contributed by atoms with Crippen molar-refractivity contribution in [2.75, 3.05) is 24.8 Å². The molecule has 0 unspecified atom stereocenters. The second-order valence-corrected chi connectivity index (χ2v) is 9.92. The lowest BCUT2D eigenvalue weighted by atomic mass is 10.1. The van der Waals surface area contributed by atoms with Crippen LogP contribution < -0.4 is 19.2 Å². The van der Waals surface area contributed by atoms with Crippen LogP contribution in [0.3, 0.4) is 0 Å². The number of carbonyl (C=O) groups excluding carboxylic acids is 1. The first-order valence-electron chi connectivity index (χ1n) is 10.8. The molecule has 0 saturated heterocycles. The maximum absolute atomic E-state index is 12.5. The smallest absolute Gasteiger partial charge is 0.271 e. The van der Waals surface area contributed by atoms with Gasteiger partial charge in [0, 0.05) is 11.1 Å². The van der Waals surface area contributed by atoms with Crippen LogP contribution in [-0.2, 0) is 16.6 Å². The third-order valence-electron chi connectivity index (χ3n) is 5.52. The topological polar surface area (TPSA) is 97.3 Å². The SMILES string of the molecule is COc1cccc(/C=N\NC(=O)c2ccc(CN(c3ccc(C)c(C)c3)S(C)(=O)=O)cc2)c1OC. The number of methoxy groups -OCH3 is 2. The van der Waals surface area contributed by atoms with E-state index in [9.17, 15) is 13.2 Å². The summed E-state index contributed by atoms with van der Waals surface area (Å²) in [7, 11) is -0.435. The van der Waals surface area contributed by atoms with Gasteiger partial charge >= 0.3 is 0 Å². The van der Waals surface area contributed by atoms with Crippen LogP contribution in [0.25, 0.3) is 0 Å². The van der Waals surface area contributed by atoms with Gasteiger partial charge in [0.15, 0.2) is 11.5 Å². The quantitative estimate of drug-likeness (QED) is 0.357. The lowest BCUT2D eigenvalue weighted by Gasteiger charge is -2.23. The zero-order chi connectivity index (χ0) is 25.6. The molecular weight excluding hydrogens is 466 g/mol. The molecule has 35 heavy (non-hydrogen) atoms. The maximum Gasteiger partial charge on any atom is 0.271 e. The molecule has 0 heterocycles. The fourth-order valence-corrected chi connectivity index (χ4v) is 4.33. The van der Waals surface area contributed by atoms with E-state index < -0.39 is 15.9 Å². The Balaban J connectivity index is 1.71. The van der Waals surface area contributed by atoms with Gasteiger partial charge in [0.05, 0.1) is 38.9 Å². The average molecular weight is 496 g/mol. The van der Waals surface area contributed by atoms with Gasteiger partial charge < -0.3 is 9.47 Å². The van der Waals surface area contributed by atoms with E-state index in [4.69, 9.17) is 9.47 Å². The number of nitrogens with zero attached hydrogens (tertiary/aromatic N) is 2. The second kappa shape index (κ2) is 11.1. The number of hydrogen-bond acceptors (Lipinski definition) is 6. The number of nitrogens with one attached hydrogen (secondary N) is 1. The molecule has 3 aromatic carbocycles. The van der Waals surface area contributed by atoms with Crippen molar-refractivity contribution in [1.29, 1.82) is 0 Å². The molecule has 3 aromatic rings. The van der Waals surface area contributed by atoms with E-state index in [2.05, 4.69) is 10.5 Å². The monoisotopic (exact) mass is 495 g/mol. The van der Waals surface area contributed by atoms with Crippen LogP contribution in [-0.4, -0.2) is 41.0 Å². The Morgan fingerprint density at radius 3 is 2.31 bits per heavy atom. The molecule has 0 aromatic heterocycles. The van der Waals surface area contributed by atoms with Gasteiger partial charge in [0.2, 0.25) is 10.0 Å². The summed E-state index contributed by atoms with van der Waals surface area (Å²) in [5.74, 6) is 0.669. The van der Waals surface area contributed by atoms with Crippen molar-refractivity contribution in [2.45, 2.75) is 20.4 Å². The predicted octanol–water partition coefficient (Wildman–Crippen LogP) is 4.05. The lowest BCUT2D eigenvalue weighted by Crippen LogP contribution is -2.29. The zero-order valence-corrected chi connectivity index (χ0v) is 21.2. The standard InChI is InChI=1S/C26H29N3O5S/c1-18-9-14-23(15-19(18)2)29(35(5,31)32)17-20-10-12-21(13-11-20)26(30)28-27-16-22-7-6-8-24(33-3)25(22)34-4/h6-16H,17H2,1-5H3,(H,28,30)/b27-16-. The summed E-state index contributed by atoms with van der Waals surface area (Å²) in [6.45, 7) is 4.07. The Morgan fingerprint density at radius 1 is 1.00 bits per heavy atom. The van der Waals surface area contributed by atoms with Crippen molar-refractivity contribution < 1.29 is 22.7 Å².